The Hall–Kier alpha value is -4.46. The number of esters is 1. The van der Waals surface area contributed by atoms with Gasteiger partial charge in [-0.05, 0) is 85.8 Å². The van der Waals surface area contributed by atoms with Crippen molar-refractivity contribution in [1.29, 1.82) is 0 Å². The molecule has 3 aromatic rings. The number of nitrogens with zero attached hydrogens (tertiary/aromatic N) is 1. The molecule has 3 aromatic carbocycles. The zero-order valence-electron chi connectivity index (χ0n) is 21.0. The van der Waals surface area contributed by atoms with E-state index in [4.69, 9.17) is 9.47 Å². The van der Waals surface area contributed by atoms with Gasteiger partial charge < -0.3 is 14.8 Å². The van der Waals surface area contributed by atoms with E-state index in [1.165, 1.54) is 17.0 Å². The molecule has 0 radical (unpaired) electrons. The number of amides is 3. The first kappa shape index (κ1) is 25.2. The Kier molecular flexibility index (Phi) is 7.22. The molecule has 194 valence electrons. The van der Waals surface area contributed by atoms with Gasteiger partial charge in [0.2, 0.25) is 11.8 Å². The van der Waals surface area contributed by atoms with Crippen LogP contribution in [0.4, 0.5) is 11.4 Å². The van der Waals surface area contributed by atoms with Crippen LogP contribution in [0.5, 0.6) is 11.5 Å². The fourth-order valence-corrected chi connectivity index (χ4v) is 5.03. The summed E-state index contributed by atoms with van der Waals surface area (Å²) in [5.41, 5.74) is 1.19. The van der Waals surface area contributed by atoms with Crippen LogP contribution >= 0.6 is 0 Å². The molecule has 8 nitrogen and oxygen atoms in total. The second-order valence-electron chi connectivity index (χ2n) is 9.75. The van der Waals surface area contributed by atoms with Gasteiger partial charge in [0.05, 0.1) is 23.1 Å². The maximum atomic E-state index is 12.9. The molecule has 3 amide bonds. The van der Waals surface area contributed by atoms with Crippen LogP contribution in [0.15, 0.2) is 78.9 Å². The zero-order valence-corrected chi connectivity index (χ0v) is 21.0. The minimum absolute atomic E-state index is 0.168. The smallest absolute Gasteiger partial charge is 0.338 e. The van der Waals surface area contributed by atoms with Crippen molar-refractivity contribution in [2.24, 2.45) is 17.8 Å². The number of rotatable bonds is 7. The van der Waals surface area contributed by atoms with Crippen molar-refractivity contribution in [2.75, 3.05) is 16.8 Å². The standard InChI is InChI=1S/C30H28N2O6/c1-19-7-16-25-26(17-19)29(35)32(28(25)34)22-12-8-20(9-13-22)30(36)37-18-27(33)31-21-10-14-24(15-11-21)38-23-5-3-2-4-6-23/h2-6,8-15,19,25-26H,7,16-18H2,1H3,(H,31,33)/t19-,25+,26-/m1/s1. The number of fused-ring (bicyclic) bond motifs is 1. The average Bonchev–Trinajstić information content (AvgIpc) is 3.17. The third-order valence-electron chi connectivity index (χ3n) is 7.00. The van der Waals surface area contributed by atoms with Gasteiger partial charge in [0.25, 0.3) is 5.91 Å². The summed E-state index contributed by atoms with van der Waals surface area (Å²) < 4.78 is 10.9. The summed E-state index contributed by atoms with van der Waals surface area (Å²) in [7, 11) is 0. The third-order valence-corrected chi connectivity index (χ3v) is 7.00. The van der Waals surface area contributed by atoms with Crippen molar-refractivity contribution in [3.05, 3.63) is 84.4 Å². The number of imide groups is 1. The Bertz CT molecular complexity index is 1340. The van der Waals surface area contributed by atoms with E-state index in [0.29, 0.717) is 28.8 Å². The molecule has 0 spiro atoms. The quantitative estimate of drug-likeness (QED) is 0.345. The maximum Gasteiger partial charge on any atom is 0.338 e. The van der Waals surface area contributed by atoms with Crippen LogP contribution in [0.3, 0.4) is 0 Å². The number of hydrogen-bond donors (Lipinski definition) is 1. The number of anilines is 2. The molecule has 38 heavy (non-hydrogen) atoms. The Morgan fingerprint density at radius 2 is 1.50 bits per heavy atom. The highest BCUT2D eigenvalue weighted by Gasteiger charge is 2.49. The summed E-state index contributed by atoms with van der Waals surface area (Å²) in [6.45, 7) is 1.64. The molecular weight excluding hydrogens is 484 g/mol. The number of hydrogen-bond acceptors (Lipinski definition) is 6. The van der Waals surface area contributed by atoms with Crippen molar-refractivity contribution < 1.29 is 28.7 Å². The van der Waals surface area contributed by atoms with Crippen LogP contribution in [0.2, 0.25) is 0 Å². The van der Waals surface area contributed by atoms with Crippen molar-refractivity contribution in [2.45, 2.75) is 26.2 Å². The van der Waals surface area contributed by atoms with Crippen LogP contribution < -0.4 is 15.0 Å². The van der Waals surface area contributed by atoms with E-state index in [1.807, 2.05) is 30.3 Å². The fourth-order valence-electron chi connectivity index (χ4n) is 5.03. The Morgan fingerprint density at radius 3 is 2.21 bits per heavy atom. The van der Waals surface area contributed by atoms with Gasteiger partial charge in [-0.15, -0.1) is 0 Å². The number of para-hydroxylation sites is 1. The predicted octanol–water partition coefficient (Wildman–Crippen LogP) is 5.20. The first-order valence-corrected chi connectivity index (χ1v) is 12.7. The highest BCUT2D eigenvalue weighted by Crippen LogP contribution is 2.42. The SMILES string of the molecule is C[C@@H]1CC[C@@H]2C(=O)N(c3ccc(C(=O)OCC(=O)Nc4ccc(Oc5ccccc5)cc4)cc3)C(=O)[C@@H]2C1. The minimum atomic E-state index is -0.681. The lowest BCUT2D eigenvalue weighted by Crippen LogP contribution is -2.30. The second kappa shape index (κ2) is 10.9. The van der Waals surface area contributed by atoms with E-state index >= 15 is 0 Å². The van der Waals surface area contributed by atoms with Crippen LogP contribution in [-0.4, -0.2) is 30.3 Å². The number of carbonyl (C=O) groups excluding carboxylic acids is 4. The molecule has 8 heteroatoms. The molecule has 1 heterocycles. The molecule has 3 atom stereocenters. The van der Waals surface area contributed by atoms with E-state index < -0.39 is 18.5 Å². The van der Waals surface area contributed by atoms with Gasteiger partial charge in [-0.3, -0.25) is 19.3 Å². The van der Waals surface area contributed by atoms with Crippen LogP contribution in [0, 0.1) is 17.8 Å². The zero-order chi connectivity index (χ0) is 26.6. The molecular formula is C30H28N2O6. The summed E-state index contributed by atoms with van der Waals surface area (Å²) >= 11 is 0. The molecule has 0 aromatic heterocycles. The molecule has 1 saturated carbocycles. The number of benzene rings is 3. The lowest BCUT2D eigenvalue weighted by atomic mass is 9.76. The Balaban J connectivity index is 1.12. The molecule has 1 aliphatic carbocycles. The van der Waals surface area contributed by atoms with Crippen LogP contribution in [0.1, 0.15) is 36.5 Å². The van der Waals surface area contributed by atoms with Crippen molar-refractivity contribution in [3.63, 3.8) is 0 Å². The van der Waals surface area contributed by atoms with E-state index in [0.717, 1.165) is 19.3 Å². The third kappa shape index (κ3) is 5.44. The summed E-state index contributed by atoms with van der Waals surface area (Å²) in [6, 6.07) is 22.3. The molecule has 2 aliphatic rings. The number of nitrogens with one attached hydrogen (secondary N) is 1. The molecule has 0 bridgehead atoms. The molecule has 1 N–H and O–H groups in total. The van der Waals surface area contributed by atoms with E-state index in [-0.39, 0.29) is 29.2 Å². The van der Waals surface area contributed by atoms with E-state index in [9.17, 15) is 19.2 Å². The lowest BCUT2D eigenvalue weighted by Gasteiger charge is -2.25. The first-order chi connectivity index (χ1) is 18.4. The van der Waals surface area contributed by atoms with Gasteiger partial charge in [0, 0.05) is 5.69 Å². The van der Waals surface area contributed by atoms with E-state index in [1.54, 1.807) is 36.4 Å². The van der Waals surface area contributed by atoms with Crippen molar-refractivity contribution >= 4 is 35.1 Å². The summed E-state index contributed by atoms with van der Waals surface area (Å²) in [6.07, 6.45) is 2.40. The number of carbonyl (C=O) groups is 4. The molecule has 5 rings (SSSR count). The van der Waals surface area contributed by atoms with Crippen molar-refractivity contribution in [1.82, 2.24) is 0 Å². The maximum absolute atomic E-state index is 12.9. The Labute approximate surface area is 220 Å². The minimum Gasteiger partial charge on any atom is -0.457 e. The molecule has 1 saturated heterocycles. The van der Waals surface area contributed by atoms with Gasteiger partial charge in [0.1, 0.15) is 11.5 Å². The summed E-state index contributed by atoms with van der Waals surface area (Å²) in [5.74, 6) is -0.273. The number of ether oxygens (including phenoxy) is 2. The second-order valence-corrected chi connectivity index (χ2v) is 9.75. The molecule has 2 fully saturated rings. The predicted molar refractivity (Wildman–Crippen MR) is 141 cm³/mol. The molecule has 1 aliphatic heterocycles. The van der Waals surface area contributed by atoms with Gasteiger partial charge in [-0.1, -0.05) is 25.1 Å². The van der Waals surface area contributed by atoms with Gasteiger partial charge in [-0.25, -0.2) is 4.79 Å². The van der Waals surface area contributed by atoms with Gasteiger partial charge in [-0.2, -0.15) is 0 Å². The van der Waals surface area contributed by atoms with Gasteiger partial charge >= 0.3 is 5.97 Å². The highest BCUT2D eigenvalue weighted by atomic mass is 16.5. The van der Waals surface area contributed by atoms with E-state index in [2.05, 4.69) is 12.2 Å². The summed E-state index contributed by atoms with van der Waals surface area (Å²) in [4.78, 5) is 51.7. The monoisotopic (exact) mass is 512 g/mol. The normalized spacial score (nSPS) is 20.6. The van der Waals surface area contributed by atoms with Crippen LogP contribution in [-0.2, 0) is 19.1 Å². The van der Waals surface area contributed by atoms with Crippen LogP contribution in [0.25, 0.3) is 0 Å². The topological polar surface area (TPSA) is 102 Å². The fraction of sp³-hybridized carbons (Fsp3) is 0.267. The summed E-state index contributed by atoms with van der Waals surface area (Å²) in [5, 5.41) is 2.67. The van der Waals surface area contributed by atoms with Crippen molar-refractivity contribution in [3.8, 4) is 11.5 Å². The lowest BCUT2D eigenvalue weighted by molar-refractivity contribution is -0.122. The highest BCUT2D eigenvalue weighted by molar-refractivity contribution is 6.22. The largest absolute Gasteiger partial charge is 0.457 e. The average molecular weight is 513 g/mol. The Morgan fingerprint density at radius 1 is 0.842 bits per heavy atom. The first-order valence-electron chi connectivity index (χ1n) is 12.7. The molecule has 0 unspecified atom stereocenters. The van der Waals surface area contributed by atoms with Gasteiger partial charge in [0.15, 0.2) is 6.61 Å².